The maximum Gasteiger partial charge on any atom is 0.137 e. The van der Waals surface area contributed by atoms with Gasteiger partial charge in [-0.05, 0) is 26.0 Å². The van der Waals surface area contributed by atoms with Crippen LogP contribution in [0.5, 0.6) is 5.75 Å². The van der Waals surface area contributed by atoms with Crippen LogP contribution in [-0.2, 0) is 4.74 Å². The van der Waals surface area contributed by atoms with E-state index in [2.05, 4.69) is 4.98 Å². The average Bonchev–Trinajstić information content (AvgIpc) is 2.14. The minimum absolute atomic E-state index is 0.262. The lowest BCUT2D eigenvalue weighted by Crippen LogP contribution is -2.11. The highest BCUT2D eigenvalue weighted by molar-refractivity contribution is 5.15. The topological polar surface area (TPSA) is 31.4 Å². The van der Waals surface area contributed by atoms with Crippen molar-refractivity contribution in [3.05, 3.63) is 24.5 Å². The number of ether oxygens (including phenoxy) is 2. The number of hydrogen-bond acceptors (Lipinski definition) is 3. The fourth-order valence-corrected chi connectivity index (χ4v) is 0.876. The molecule has 72 valence electrons. The van der Waals surface area contributed by atoms with Crippen LogP contribution < -0.4 is 4.74 Å². The Bertz CT molecular complexity index is 224. The molecule has 0 N–H and O–H groups in total. The molecule has 1 aromatic heterocycles. The van der Waals surface area contributed by atoms with Gasteiger partial charge in [0.05, 0.1) is 18.9 Å². The minimum atomic E-state index is 0.262. The molecular formula is C10H15NO2. The van der Waals surface area contributed by atoms with Gasteiger partial charge in [-0.15, -0.1) is 0 Å². The summed E-state index contributed by atoms with van der Waals surface area (Å²) >= 11 is 0. The highest BCUT2D eigenvalue weighted by Crippen LogP contribution is 2.05. The molecule has 0 aliphatic heterocycles. The molecule has 3 nitrogen and oxygen atoms in total. The Hall–Kier alpha value is -1.09. The number of nitrogens with zero attached hydrogens (tertiary/aromatic N) is 1. The summed E-state index contributed by atoms with van der Waals surface area (Å²) < 4.78 is 10.7. The summed E-state index contributed by atoms with van der Waals surface area (Å²) in [5.74, 6) is 0.787. The second-order valence-corrected chi connectivity index (χ2v) is 2.96. The summed E-state index contributed by atoms with van der Waals surface area (Å²) in [4.78, 5) is 3.93. The van der Waals surface area contributed by atoms with Crippen LogP contribution in [-0.4, -0.2) is 24.3 Å². The van der Waals surface area contributed by atoms with Crippen LogP contribution in [0.2, 0.25) is 0 Å². The van der Waals surface area contributed by atoms with Crippen molar-refractivity contribution in [2.75, 3.05) is 13.2 Å². The standard InChI is InChI=1S/C10H15NO2/c1-9(2)12-6-7-13-10-4-3-5-11-8-10/h3-5,8-9H,6-7H2,1-2H3. The van der Waals surface area contributed by atoms with Gasteiger partial charge in [-0.1, -0.05) is 0 Å². The summed E-state index contributed by atoms with van der Waals surface area (Å²) in [6.45, 7) is 5.20. The molecule has 1 heterocycles. The Morgan fingerprint density at radius 3 is 2.85 bits per heavy atom. The number of rotatable bonds is 5. The SMILES string of the molecule is CC(C)OCCOc1cccnc1. The molecule has 0 saturated heterocycles. The van der Waals surface area contributed by atoms with E-state index in [1.54, 1.807) is 12.4 Å². The molecule has 0 saturated carbocycles. The molecular weight excluding hydrogens is 166 g/mol. The molecule has 0 amide bonds. The number of pyridine rings is 1. The Morgan fingerprint density at radius 1 is 1.38 bits per heavy atom. The van der Waals surface area contributed by atoms with Crippen LogP contribution in [0, 0.1) is 0 Å². The minimum Gasteiger partial charge on any atom is -0.490 e. The first-order chi connectivity index (χ1) is 6.29. The predicted octanol–water partition coefficient (Wildman–Crippen LogP) is 1.89. The molecule has 13 heavy (non-hydrogen) atoms. The van der Waals surface area contributed by atoms with E-state index < -0.39 is 0 Å². The first-order valence-electron chi connectivity index (χ1n) is 4.43. The lowest BCUT2D eigenvalue weighted by Gasteiger charge is -2.08. The smallest absolute Gasteiger partial charge is 0.137 e. The van der Waals surface area contributed by atoms with Crippen LogP contribution in [0.15, 0.2) is 24.5 Å². The molecule has 0 aliphatic rings. The lowest BCUT2D eigenvalue weighted by molar-refractivity contribution is 0.0552. The van der Waals surface area contributed by atoms with E-state index in [4.69, 9.17) is 9.47 Å². The van der Waals surface area contributed by atoms with Gasteiger partial charge in [0.1, 0.15) is 12.4 Å². The highest BCUT2D eigenvalue weighted by Gasteiger charge is 1.94. The monoisotopic (exact) mass is 181 g/mol. The fraction of sp³-hybridized carbons (Fsp3) is 0.500. The normalized spacial score (nSPS) is 10.4. The van der Waals surface area contributed by atoms with E-state index in [9.17, 15) is 0 Å². The zero-order valence-corrected chi connectivity index (χ0v) is 8.06. The Morgan fingerprint density at radius 2 is 2.23 bits per heavy atom. The average molecular weight is 181 g/mol. The zero-order valence-electron chi connectivity index (χ0n) is 8.06. The molecule has 0 aromatic carbocycles. The highest BCUT2D eigenvalue weighted by atomic mass is 16.5. The third kappa shape index (κ3) is 4.48. The van der Waals surface area contributed by atoms with E-state index >= 15 is 0 Å². The summed E-state index contributed by atoms with van der Waals surface area (Å²) in [7, 11) is 0. The van der Waals surface area contributed by atoms with Crippen molar-refractivity contribution in [1.29, 1.82) is 0 Å². The Labute approximate surface area is 78.7 Å². The van der Waals surface area contributed by atoms with E-state index in [0.717, 1.165) is 5.75 Å². The fourth-order valence-electron chi connectivity index (χ4n) is 0.876. The molecule has 0 aliphatic carbocycles. The number of aromatic nitrogens is 1. The van der Waals surface area contributed by atoms with E-state index in [1.165, 1.54) is 0 Å². The van der Waals surface area contributed by atoms with Gasteiger partial charge in [-0.25, -0.2) is 0 Å². The zero-order chi connectivity index (χ0) is 9.52. The van der Waals surface area contributed by atoms with E-state index in [-0.39, 0.29) is 6.10 Å². The van der Waals surface area contributed by atoms with Crippen molar-refractivity contribution < 1.29 is 9.47 Å². The molecule has 1 aromatic rings. The maximum atomic E-state index is 5.37. The number of hydrogen-bond donors (Lipinski definition) is 0. The van der Waals surface area contributed by atoms with Gasteiger partial charge in [-0.2, -0.15) is 0 Å². The third-order valence-electron chi connectivity index (χ3n) is 1.44. The molecule has 0 bridgehead atoms. The van der Waals surface area contributed by atoms with Gasteiger partial charge in [0, 0.05) is 6.20 Å². The van der Waals surface area contributed by atoms with Crippen molar-refractivity contribution in [3.8, 4) is 5.75 Å². The maximum absolute atomic E-state index is 5.37. The van der Waals surface area contributed by atoms with Crippen molar-refractivity contribution in [2.24, 2.45) is 0 Å². The van der Waals surface area contributed by atoms with Gasteiger partial charge >= 0.3 is 0 Å². The van der Waals surface area contributed by atoms with Crippen molar-refractivity contribution in [3.63, 3.8) is 0 Å². The molecule has 0 radical (unpaired) electrons. The first-order valence-corrected chi connectivity index (χ1v) is 4.43. The summed E-state index contributed by atoms with van der Waals surface area (Å²) in [6, 6.07) is 3.72. The summed E-state index contributed by atoms with van der Waals surface area (Å²) in [6.07, 6.45) is 3.67. The van der Waals surface area contributed by atoms with Crippen LogP contribution in [0.1, 0.15) is 13.8 Å². The molecule has 0 atom stereocenters. The van der Waals surface area contributed by atoms with Crippen molar-refractivity contribution in [1.82, 2.24) is 4.98 Å². The Kier molecular flexibility index (Phi) is 4.26. The molecule has 1 rings (SSSR count). The van der Waals surface area contributed by atoms with Gasteiger partial charge in [0.2, 0.25) is 0 Å². The largest absolute Gasteiger partial charge is 0.490 e. The first kappa shape index (κ1) is 9.99. The van der Waals surface area contributed by atoms with E-state index in [0.29, 0.717) is 13.2 Å². The van der Waals surface area contributed by atoms with Crippen LogP contribution in [0.25, 0.3) is 0 Å². The summed E-state index contributed by atoms with van der Waals surface area (Å²) in [5, 5.41) is 0. The van der Waals surface area contributed by atoms with Gasteiger partial charge < -0.3 is 9.47 Å². The molecule has 0 spiro atoms. The molecule has 0 fully saturated rings. The van der Waals surface area contributed by atoms with Crippen LogP contribution in [0.4, 0.5) is 0 Å². The van der Waals surface area contributed by atoms with E-state index in [1.807, 2.05) is 26.0 Å². The summed E-state index contributed by atoms with van der Waals surface area (Å²) in [5.41, 5.74) is 0. The van der Waals surface area contributed by atoms with Crippen molar-refractivity contribution >= 4 is 0 Å². The Balaban J connectivity index is 2.13. The predicted molar refractivity (Wildman–Crippen MR) is 50.8 cm³/mol. The lowest BCUT2D eigenvalue weighted by atomic mass is 10.5. The third-order valence-corrected chi connectivity index (χ3v) is 1.44. The second kappa shape index (κ2) is 5.54. The van der Waals surface area contributed by atoms with Gasteiger partial charge in [0.25, 0.3) is 0 Å². The quantitative estimate of drug-likeness (QED) is 0.650. The van der Waals surface area contributed by atoms with Gasteiger partial charge in [-0.3, -0.25) is 4.98 Å². The van der Waals surface area contributed by atoms with Crippen LogP contribution in [0.3, 0.4) is 0 Å². The second-order valence-electron chi connectivity index (χ2n) is 2.96. The van der Waals surface area contributed by atoms with Crippen LogP contribution >= 0.6 is 0 Å². The van der Waals surface area contributed by atoms with Gasteiger partial charge in [0.15, 0.2) is 0 Å². The molecule has 0 unspecified atom stereocenters. The van der Waals surface area contributed by atoms with Crippen molar-refractivity contribution in [2.45, 2.75) is 20.0 Å². The molecule has 3 heteroatoms.